The van der Waals surface area contributed by atoms with Crippen LogP contribution in [0.25, 0.3) is 11.3 Å². The zero-order chi connectivity index (χ0) is 20.9. The number of rotatable bonds is 8. The molecule has 1 heterocycles. The van der Waals surface area contributed by atoms with Crippen molar-refractivity contribution in [3.8, 4) is 11.3 Å². The van der Waals surface area contributed by atoms with Gasteiger partial charge in [0.1, 0.15) is 0 Å². The maximum atomic E-state index is 12.4. The molecule has 0 saturated carbocycles. The van der Waals surface area contributed by atoms with Gasteiger partial charge >= 0.3 is 0 Å². The highest BCUT2D eigenvalue weighted by molar-refractivity contribution is 7.92. The van der Waals surface area contributed by atoms with Crippen molar-refractivity contribution in [2.45, 2.75) is 18.4 Å². The second-order valence-corrected chi connectivity index (χ2v) is 10.5. The molecule has 7 nitrogen and oxygen atoms in total. The number of hydrogen-bond donors (Lipinski definition) is 1. The van der Waals surface area contributed by atoms with Crippen LogP contribution in [0.3, 0.4) is 0 Å². The van der Waals surface area contributed by atoms with Crippen LogP contribution in [0.2, 0.25) is 0 Å². The number of sulfonamides is 1. The van der Waals surface area contributed by atoms with Gasteiger partial charge in [-0.3, -0.25) is 4.72 Å². The molecule has 0 aliphatic rings. The number of benzene rings is 2. The van der Waals surface area contributed by atoms with Crippen molar-refractivity contribution in [2.75, 3.05) is 16.2 Å². The number of aryl methyl sites for hydroxylation is 1. The van der Waals surface area contributed by atoms with E-state index in [1.54, 1.807) is 30.3 Å². The summed E-state index contributed by atoms with van der Waals surface area (Å²) in [5.41, 5.74) is 2.43. The summed E-state index contributed by atoms with van der Waals surface area (Å²) >= 11 is 0. The van der Waals surface area contributed by atoms with Crippen LogP contribution < -0.4 is 4.72 Å². The van der Waals surface area contributed by atoms with E-state index in [2.05, 4.69) is 14.9 Å². The fraction of sp³-hybridized carbons (Fsp3) is 0.200. The third-order valence-corrected chi connectivity index (χ3v) is 7.18. The maximum Gasteiger partial charge on any atom is 0.233 e. The Morgan fingerprint density at radius 1 is 0.862 bits per heavy atom. The molecular formula is C20H21N3O4S2. The third-order valence-electron chi connectivity index (χ3n) is 4.27. The molecule has 29 heavy (non-hydrogen) atoms. The van der Waals surface area contributed by atoms with Crippen LogP contribution in [0.1, 0.15) is 12.5 Å². The van der Waals surface area contributed by atoms with E-state index in [0.29, 0.717) is 23.4 Å². The van der Waals surface area contributed by atoms with Crippen molar-refractivity contribution in [3.05, 3.63) is 72.3 Å². The van der Waals surface area contributed by atoms with E-state index in [0.717, 1.165) is 5.56 Å². The lowest BCUT2D eigenvalue weighted by atomic mass is 10.1. The average Bonchev–Trinajstić information content (AvgIpc) is 2.73. The molecule has 0 fully saturated rings. The van der Waals surface area contributed by atoms with Crippen molar-refractivity contribution in [1.82, 2.24) is 10.2 Å². The fourth-order valence-corrected chi connectivity index (χ4v) is 4.49. The second-order valence-electron chi connectivity index (χ2n) is 6.40. The van der Waals surface area contributed by atoms with Gasteiger partial charge in [0.2, 0.25) is 10.0 Å². The quantitative estimate of drug-likeness (QED) is 0.588. The Hall–Kier alpha value is -2.78. The Morgan fingerprint density at radius 2 is 1.62 bits per heavy atom. The number of aromatic nitrogens is 2. The summed E-state index contributed by atoms with van der Waals surface area (Å²) in [6.07, 6.45) is 0.411. The molecule has 0 saturated heterocycles. The lowest BCUT2D eigenvalue weighted by Gasteiger charge is -2.10. The molecule has 0 unspecified atom stereocenters. The Balaban J connectivity index is 1.74. The molecule has 0 aliphatic carbocycles. The molecule has 9 heteroatoms. The van der Waals surface area contributed by atoms with Crippen LogP contribution in [0, 0.1) is 0 Å². The van der Waals surface area contributed by atoms with E-state index in [9.17, 15) is 16.8 Å². The lowest BCUT2D eigenvalue weighted by Crippen LogP contribution is -2.18. The first-order chi connectivity index (χ1) is 13.8. The van der Waals surface area contributed by atoms with Crippen LogP contribution in [0.5, 0.6) is 0 Å². The smallest absolute Gasteiger partial charge is 0.233 e. The summed E-state index contributed by atoms with van der Waals surface area (Å²) in [5, 5.41) is 7.68. The Bertz CT molecular complexity index is 1180. The molecule has 152 valence electrons. The van der Waals surface area contributed by atoms with E-state index in [1.165, 1.54) is 13.0 Å². The Morgan fingerprint density at radius 3 is 2.28 bits per heavy atom. The van der Waals surface area contributed by atoms with Gasteiger partial charge < -0.3 is 0 Å². The summed E-state index contributed by atoms with van der Waals surface area (Å²) in [6, 6.07) is 19.1. The van der Waals surface area contributed by atoms with E-state index >= 15 is 0 Å². The van der Waals surface area contributed by atoms with Gasteiger partial charge in [-0.15, -0.1) is 10.2 Å². The molecule has 1 aromatic heterocycles. The number of hydrogen-bond acceptors (Lipinski definition) is 6. The van der Waals surface area contributed by atoms with E-state index in [1.807, 2.05) is 30.3 Å². The molecule has 0 spiro atoms. The zero-order valence-electron chi connectivity index (χ0n) is 15.8. The first-order valence-electron chi connectivity index (χ1n) is 9.00. The van der Waals surface area contributed by atoms with Crippen LogP contribution in [-0.4, -0.2) is 38.5 Å². The average molecular weight is 432 g/mol. The number of anilines is 1. The highest BCUT2D eigenvalue weighted by Gasteiger charge is 2.15. The lowest BCUT2D eigenvalue weighted by molar-refractivity contribution is 0.591. The SMILES string of the molecule is CCS(=O)(=O)c1ccc(-c2cccc(NS(=O)(=O)CCc3ccccc3)c2)nn1. The van der Waals surface area contributed by atoms with E-state index in [-0.39, 0.29) is 16.5 Å². The highest BCUT2D eigenvalue weighted by atomic mass is 32.2. The molecule has 3 aromatic rings. The monoisotopic (exact) mass is 431 g/mol. The van der Waals surface area contributed by atoms with Gasteiger partial charge in [0.05, 0.1) is 17.2 Å². The Kier molecular flexibility index (Phi) is 6.29. The van der Waals surface area contributed by atoms with E-state index in [4.69, 9.17) is 0 Å². The van der Waals surface area contributed by atoms with Crippen molar-refractivity contribution in [1.29, 1.82) is 0 Å². The van der Waals surface area contributed by atoms with Crippen molar-refractivity contribution in [3.63, 3.8) is 0 Å². The topological polar surface area (TPSA) is 106 Å². The molecule has 2 aromatic carbocycles. The number of sulfone groups is 1. The standard InChI is InChI=1S/C20H21N3O4S2/c1-2-28(24,25)20-12-11-19(21-22-20)17-9-6-10-18(15-17)23-29(26,27)14-13-16-7-4-3-5-8-16/h3-12,15,23H,2,13-14H2,1H3. The predicted molar refractivity (Wildman–Crippen MR) is 113 cm³/mol. The third kappa shape index (κ3) is 5.61. The van der Waals surface area contributed by atoms with Crippen LogP contribution in [0.15, 0.2) is 71.8 Å². The van der Waals surface area contributed by atoms with Gasteiger partial charge in [0.25, 0.3) is 0 Å². The molecular weight excluding hydrogens is 410 g/mol. The molecule has 0 atom stereocenters. The van der Waals surface area contributed by atoms with Crippen molar-refractivity contribution in [2.24, 2.45) is 0 Å². The summed E-state index contributed by atoms with van der Waals surface area (Å²) in [6.45, 7) is 1.54. The highest BCUT2D eigenvalue weighted by Crippen LogP contribution is 2.22. The minimum atomic E-state index is -3.53. The number of nitrogens with one attached hydrogen (secondary N) is 1. The van der Waals surface area contributed by atoms with Crippen LogP contribution in [-0.2, 0) is 26.3 Å². The first kappa shape index (κ1) is 20.9. The van der Waals surface area contributed by atoms with Gasteiger partial charge in [0.15, 0.2) is 14.9 Å². The van der Waals surface area contributed by atoms with Gasteiger partial charge in [-0.05, 0) is 36.2 Å². The van der Waals surface area contributed by atoms with Gasteiger partial charge in [-0.1, -0.05) is 49.4 Å². The fourth-order valence-electron chi connectivity index (χ4n) is 2.66. The van der Waals surface area contributed by atoms with Crippen molar-refractivity contribution < 1.29 is 16.8 Å². The molecule has 0 aliphatic heterocycles. The van der Waals surface area contributed by atoms with Crippen LogP contribution >= 0.6 is 0 Å². The van der Waals surface area contributed by atoms with Crippen LogP contribution in [0.4, 0.5) is 5.69 Å². The first-order valence-corrected chi connectivity index (χ1v) is 12.3. The second kappa shape index (κ2) is 8.71. The number of nitrogens with zero attached hydrogens (tertiary/aromatic N) is 2. The minimum absolute atomic E-state index is 0.0371. The predicted octanol–water partition coefficient (Wildman–Crippen LogP) is 2.92. The zero-order valence-corrected chi connectivity index (χ0v) is 17.4. The largest absolute Gasteiger partial charge is 0.284 e. The summed E-state index contributed by atoms with van der Waals surface area (Å²) < 4.78 is 51.1. The molecule has 0 amide bonds. The summed E-state index contributed by atoms with van der Waals surface area (Å²) in [5.74, 6) is -0.0914. The molecule has 0 radical (unpaired) electrons. The van der Waals surface area contributed by atoms with E-state index < -0.39 is 19.9 Å². The van der Waals surface area contributed by atoms with Gasteiger partial charge in [-0.2, -0.15) is 0 Å². The molecule has 1 N–H and O–H groups in total. The Labute approximate surface area is 170 Å². The van der Waals surface area contributed by atoms with Crippen molar-refractivity contribution >= 4 is 25.5 Å². The van der Waals surface area contributed by atoms with Gasteiger partial charge in [0, 0.05) is 11.3 Å². The molecule has 0 bridgehead atoms. The minimum Gasteiger partial charge on any atom is -0.284 e. The summed E-state index contributed by atoms with van der Waals surface area (Å²) in [4.78, 5) is 0. The summed E-state index contributed by atoms with van der Waals surface area (Å²) in [7, 11) is -6.95. The normalized spacial score (nSPS) is 11.9. The van der Waals surface area contributed by atoms with Gasteiger partial charge in [-0.25, -0.2) is 16.8 Å². The molecule has 3 rings (SSSR count). The maximum absolute atomic E-state index is 12.4.